The molecule has 0 aliphatic heterocycles. The second-order valence-electron chi connectivity index (χ2n) is 4.88. The van der Waals surface area contributed by atoms with Gasteiger partial charge in [0.25, 0.3) is 0 Å². The molecule has 0 heterocycles. The molecule has 1 aromatic rings. The summed E-state index contributed by atoms with van der Waals surface area (Å²) in [6.45, 7) is 0. The Labute approximate surface area is 123 Å². The Morgan fingerprint density at radius 2 is 2.00 bits per heavy atom. The largest absolute Gasteiger partial charge is 0.391 e. The van der Waals surface area contributed by atoms with Crippen LogP contribution >= 0.6 is 27.5 Å². The van der Waals surface area contributed by atoms with Gasteiger partial charge in [0.15, 0.2) is 0 Å². The highest BCUT2D eigenvalue weighted by molar-refractivity contribution is 9.10. The van der Waals surface area contributed by atoms with E-state index in [9.17, 15) is 13.2 Å². The van der Waals surface area contributed by atoms with Gasteiger partial charge in [0.1, 0.15) is 0 Å². The van der Waals surface area contributed by atoms with E-state index in [0.29, 0.717) is 11.4 Å². The highest BCUT2D eigenvalue weighted by Crippen LogP contribution is 2.38. The van der Waals surface area contributed by atoms with E-state index >= 15 is 0 Å². The molecule has 1 nitrogen and oxygen atoms in total. The minimum absolute atomic E-state index is 0.136. The number of anilines is 1. The summed E-state index contributed by atoms with van der Waals surface area (Å²) >= 11 is 9.25. The zero-order chi connectivity index (χ0) is 14.0. The van der Waals surface area contributed by atoms with Crippen LogP contribution in [0.3, 0.4) is 0 Å². The van der Waals surface area contributed by atoms with Crippen LogP contribution in [-0.2, 0) is 0 Å². The van der Waals surface area contributed by atoms with Gasteiger partial charge in [-0.1, -0.05) is 18.0 Å². The lowest BCUT2D eigenvalue weighted by Gasteiger charge is -2.31. The quantitative estimate of drug-likeness (QED) is 0.723. The highest BCUT2D eigenvalue weighted by atomic mass is 79.9. The van der Waals surface area contributed by atoms with Crippen LogP contribution in [0.4, 0.5) is 18.9 Å². The molecule has 2 unspecified atom stereocenters. The van der Waals surface area contributed by atoms with Gasteiger partial charge in [-0.25, -0.2) is 0 Å². The molecule has 2 rings (SSSR count). The van der Waals surface area contributed by atoms with Gasteiger partial charge in [-0.05, 0) is 53.4 Å². The minimum atomic E-state index is -4.09. The first-order chi connectivity index (χ1) is 8.86. The standard InChI is InChI=1S/C13H14BrClF3N/c14-11-5-4-10(7-12(11)15)19-9-3-1-2-8(6-9)13(16,17)18/h4-5,7-9,19H,1-3,6H2. The van der Waals surface area contributed by atoms with Gasteiger partial charge in [-0.15, -0.1) is 0 Å². The number of hydrogen-bond donors (Lipinski definition) is 1. The first kappa shape index (κ1) is 15.0. The van der Waals surface area contributed by atoms with Gasteiger partial charge in [0.05, 0.1) is 10.9 Å². The van der Waals surface area contributed by atoms with Crippen molar-refractivity contribution in [3.63, 3.8) is 0 Å². The van der Waals surface area contributed by atoms with Gasteiger partial charge >= 0.3 is 6.18 Å². The Bertz CT molecular complexity index is 450. The van der Waals surface area contributed by atoms with Crippen molar-refractivity contribution in [3.8, 4) is 0 Å². The second-order valence-corrected chi connectivity index (χ2v) is 6.14. The van der Waals surface area contributed by atoms with Crippen molar-refractivity contribution >= 4 is 33.2 Å². The Balaban J connectivity index is 2.00. The van der Waals surface area contributed by atoms with Crippen molar-refractivity contribution in [2.45, 2.75) is 37.9 Å². The van der Waals surface area contributed by atoms with Crippen LogP contribution in [0.1, 0.15) is 25.7 Å². The number of hydrogen-bond acceptors (Lipinski definition) is 1. The van der Waals surface area contributed by atoms with Crippen LogP contribution in [0, 0.1) is 5.92 Å². The Morgan fingerprint density at radius 1 is 1.26 bits per heavy atom. The normalized spacial score (nSPS) is 24.3. The first-order valence-electron chi connectivity index (χ1n) is 6.14. The summed E-state index contributed by atoms with van der Waals surface area (Å²) in [5.41, 5.74) is 0.765. The zero-order valence-electron chi connectivity index (χ0n) is 10.1. The maximum Gasteiger partial charge on any atom is 0.391 e. The maximum absolute atomic E-state index is 12.7. The SMILES string of the molecule is FC(F)(F)C1CCCC(Nc2ccc(Br)c(Cl)c2)C1. The van der Waals surface area contributed by atoms with Gasteiger partial charge in [-0.2, -0.15) is 13.2 Å². The third-order valence-electron chi connectivity index (χ3n) is 3.43. The molecule has 2 atom stereocenters. The lowest BCUT2D eigenvalue weighted by Crippen LogP contribution is -2.34. The van der Waals surface area contributed by atoms with E-state index in [2.05, 4.69) is 21.2 Å². The fourth-order valence-electron chi connectivity index (χ4n) is 2.44. The number of nitrogens with one attached hydrogen (secondary N) is 1. The predicted octanol–water partition coefficient (Wildman–Crippen LogP) is 5.64. The molecule has 106 valence electrons. The third-order valence-corrected chi connectivity index (χ3v) is 4.66. The van der Waals surface area contributed by atoms with Gasteiger partial charge in [0, 0.05) is 16.2 Å². The van der Waals surface area contributed by atoms with Crippen molar-refractivity contribution in [1.82, 2.24) is 0 Å². The summed E-state index contributed by atoms with van der Waals surface area (Å²) in [7, 11) is 0. The Morgan fingerprint density at radius 3 is 2.63 bits per heavy atom. The molecule has 0 amide bonds. The van der Waals surface area contributed by atoms with Crippen molar-refractivity contribution in [2.75, 3.05) is 5.32 Å². The van der Waals surface area contributed by atoms with E-state index in [0.717, 1.165) is 16.6 Å². The topological polar surface area (TPSA) is 12.0 Å². The second kappa shape index (κ2) is 5.92. The summed E-state index contributed by atoms with van der Waals surface area (Å²) < 4.78 is 38.9. The molecule has 1 saturated carbocycles. The predicted molar refractivity (Wildman–Crippen MR) is 74.6 cm³/mol. The van der Waals surface area contributed by atoms with Crippen LogP contribution in [0.15, 0.2) is 22.7 Å². The van der Waals surface area contributed by atoms with Crippen molar-refractivity contribution in [2.24, 2.45) is 5.92 Å². The zero-order valence-corrected chi connectivity index (χ0v) is 12.4. The number of alkyl halides is 3. The summed E-state index contributed by atoms with van der Waals surface area (Å²) in [4.78, 5) is 0. The summed E-state index contributed by atoms with van der Waals surface area (Å²) in [5.74, 6) is -1.19. The number of benzene rings is 1. The smallest absolute Gasteiger partial charge is 0.382 e. The van der Waals surface area contributed by atoms with Gasteiger partial charge in [0.2, 0.25) is 0 Å². The molecule has 6 heteroatoms. The van der Waals surface area contributed by atoms with Crippen molar-refractivity contribution < 1.29 is 13.2 Å². The third kappa shape index (κ3) is 4.02. The van der Waals surface area contributed by atoms with Crippen LogP contribution in [-0.4, -0.2) is 12.2 Å². The lowest BCUT2D eigenvalue weighted by molar-refractivity contribution is -0.182. The molecule has 1 aliphatic carbocycles. The Kier molecular flexibility index (Phi) is 4.66. The molecule has 0 bridgehead atoms. The van der Waals surface area contributed by atoms with E-state index in [1.54, 1.807) is 12.1 Å². The van der Waals surface area contributed by atoms with E-state index in [4.69, 9.17) is 11.6 Å². The molecule has 1 fully saturated rings. The monoisotopic (exact) mass is 355 g/mol. The molecular formula is C13H14BrClF3N. The van der Waals surface area contributed by atoms with E-state index in [1.165, 1.54) is 0 Å². The number of rotatable bonds is 2. The fraction of sp³-hybridized carbons (Fsp3) is 0.538. The molecule has 1 N–H and O–H groups in total. The number of halogens is 5. The van der Waals surface area contributed by atoms with Gasteiger partial charge < -0.3 is 5.32 Å². The maximum atomic E-state index is 12.7. The Hall–Kier alpha value is -0.420. The van der Waals surface area contributed by atoms with Crippen LogP contribution in [0.5, 0.6) is 0 Å². The van der Waals surface area contributed by atoms with E-state index in [-0.39, 0.29) is 18.9 Å². The summed E-state index contributed by atoms with van der Waals surface area (Å²) in [6.07, 6.45) is -2.34. The summed E-state index contributed by atoms with van der Waals surface area (Å²) in [5, 5.41) is 3.69. The first-order valence-corrected chi connectivity index (χ1v) is 7.31. The van der Waals surface area contributed by atoms with Crippen LogP contribution < -0.4 is 5.32 Å². The molecule has 0 spiro atoms. The van der Waals surface area contributed by atoms with E-state index in [1.807, 2.05) is 6.07 Å². The van der Waals surface area contributed by atoms with Gasteiger partial charge in [-0.3, -0.25) is 0 Å². The molecule has 1 aliphatic rings. The summed E-state index contributed by atoms with van der Waals surface area (Å²) in [6, 6.07) is 5.18. The highest BCUT2D eigenvalue weighted by Gasteiger charge is 2.42. The molecular weight excluding hydrogens is 343 g/mol. The fourth-order valence-corrected chi connectivity index (χ4v) is 2.87. The molecule has 1 aromatic carbocycles. The van der Waals surface area contributed by atoms with E-state index < -0.39 is 12.1 Å². The lowest BCUT2D eigenvalue weighted by atomic mass is 9.85. The molecule has 0 aromatic heterocycles. The van der Waals surface area contributed by atoms with Crippen molar-refractivity contribution in [3.05, 3.63) is 27.7 Å². The minimum Gasteiger partial charge on any atom is -0.382 e. The van der Waals surface area contributed by atoms with Crippen LogP contribution in [0.2, 0.25) is 5.02 Å². The average molecular weight is 357 g/mol. The molecule has 0 saturated heterocycles. The molecule has 0 radical (unpaired) electrons. The van der Waals surface area contributed by atoms with Crippen LogP contribution in [0.25, 0.3) is 0 Å². The molecule has 19 heavy (non-hydrogen) atoms. The van der Waals surface area contributed by atoms with Crippen molar-refractivity contribution in [1.29, 1.82) is 0 Å². The average Bonchev–Trinajstić information content (AvgIpc) is 2.33.